The van der Waals surface area contributed by atoms with E-state index in [9.17, 15) is 9.59 Å². The second-order valence-electron chi connectivity index (χ2n) is 7.27. The van der Waals surface area contributed by atoms with Gasteiger partial charge in [-0.2, -0.15) is 0 Å². The van der Waals surface area contributed by atoms with Crippen LogP contribution < -0.4 is 14.9 Å². The monoisotopic (exact) mass is 452 g/mol. The first-order chi connectivity index (χ1) is 14.9. The first kappa shape index (κ1) is 21.3. The van der Waals surface area contributed by atoms with Gasteiger partial charge in [0.25, 0.3) is 5.56 Å². The largest absolute Gasteiger partial charge is 0.463 e. The number of aromatic nitrogens is 1. The normalized spacial score (nSPS) is 16.1. The number of rotatable bonds is 4. The molecule has 1 aromatic heterocycles. The molecule has 0 fully saturated rings. The number of aryl methyl sites for hydroxylation is 1. The molecule has 0 saturated carbocycles. The number of thiazole rings is 1. The Morgan fingerprint density at radius 2 is 1.97 bits per heavy atom. The molecule has 1 aliphatic rings. The minimum absolute atomic E-state index is 0.205. The van der Waals surface area contributed by atoms with Gasteiger partial charge in [0.05, 0.1) is 28.5 Å². The fourth-order valence-corrected chi connectivity index (χ4v) is 4.85. The van der Waals surface area contributed by atoms with Gasteiger partial charge in [0, 0.05) is 5.02 Å². The van der Waals surface area contributed by atoms with E-state index in [1.165, 1.54) is 11.3 Å². The number of ether oxygens (including phenoxy) is 1. The zero-order valence-corrected chi connectivity index (χ0v) is 19.0. The molecule has 0 aliphatic carbocycles. The van der Waals surface area contributed by atoms with Crippen LogP contribution in [-0.2, 0) is 9.53 Å². The molecule has 0 saturated heterocycles. The molecule has 7 heteroatoms. The lowest BCUT2D eigenvalue weighted by Crippen LogP contribution is -2.39. The van der Waals surface area contributed by atoms with Crippen LogP contribution in [-0.4, -0.2) is 17.1 Å². The van der Waals surface area contributed by atoms with Crippen LogP contribution in [0.5, 0.6) is 0 Å². The minimum Gasteiger partial charge on any atom is -0.463 e. The van der Waals surface area contributed by atoms with Crippen LogP contribution in [0.4, 0.5) is 0 Å². The third kappa shape index (κ3) is 4.13. The summed E-state index contributed by atoms with van der Waals surface area (Å²) in [6.45, 7) is 5.78. The molecule has 0 radical (unpaired) electrons. The maximum absolute atomic E-state index is 13.5. The summed E-state index contributed by atoms with van der Waals surface area (Å²) < 4.78 is 7.42. The van der Waals surface area contributed by atoms with Crippen LogP contribution in [0.25, 0.3) is 6.08 Å². The molecular weight excluding hydrogens is 432 g/mol. The van der Waals surface area contributed by atoms with Gasteiger partial charge in [-0.15, -0.1) is 0 Å². The van der Waals surface area contributed by atoms with Gasteiger partial charge in [0.2, 0.25) is 0 Å². The van der Waals surface area contributed by atoms with Crippen LogP contribution in [0.1, 0.15) is 36.6 Å². The molecule has 3 aromatic rings. The van der Waals surface area contributed by atoms with Crippen molar-refractivity contribution in [3.05, 3.63) is 101 Å². The SMILES string of the molecule is CCOC(=O)C1=C(C)N=c2s/c(=C\c3cccc(Cl)c3)c(=O)n2C1c1ccc(C)cc1. The summed E-state index contributed by atoms with van der Waals surface area (Å²) in [5, 5.41) is 0.597. The topological polar surface area (TPSA) is 60.7 Å². The van der Waals surface area contributed by atoms with E-state index in [2.05, 4.69) is 4.99 Å². The third-order valence-corrected chi connectivity index (χ3v) is 6.27. The molecular formula is C24H21ClN2O3S. The Morgan fingerprint density at radius 3 is 2.65 bits per heavy atom. The minimum atomic E-state index is -0.600. The standard InChI is InChI=1S/C24H21ClN2O3S/c1-4-30-23(29)20-15(3)26-24-27(21(20)17-10-8-14(2)9-11-17)22(28)19(31-24)13-16-6-5-7-18(25)12-16/h5-13,21H,4H2,1-3H3/b19-13-. The summed E-state index contributed by atoms with van der Waals surface area (Å²) in [4.78, 5) is 31.4. The van der Waals surface area contributed by atoms with Crippen LogP contribution in [0.3, 0.4) is 0 Å². The average Bonchev–Trinajstić information content (AvgIpc) is 3.02. The molecule has 2 aromatic carbocycles. The zero-order chi connectivity index (χ0) is 22.1. The predicted octanol–water partition coefficient (Wildman–Crippen LogP) is 3.76. The third-order valence-electron chi connectivity index (χ3n) is 5.06. The number of benzene rings is 2. The number of esters is 1. The van der Waals surface area contributed by atoms with Gasteiger partial charge in [-0.3, -0.25) is 9.36 Å². The van der Waals surface area contributed by atoms with Crippen molar-refractivity contribution < 1.29 is 9.53 Å². The van der Waals surface area contributed by atoms with Crippen molar-refractivity contribution in [1.82, 2.24) is 4.57 Å². The Morgan fingerprint density at radius 1 is 1.23 bits per heavy atom. The van der Waals surface area contributed by atoms with Gasteiger partial charge in [0.15, 0.2) is 4.80 Å². The molecule has 31 heavy (non-hydrogen) atoms. The van der Waals surface area contributed by atoms with E-state index in [0.717, 1.165) is 16.7 Å². The number of carbonyl (C=O) groups excluding carboxylic acids is 1. The van der Waals surface area contributed by atoms with Crippen LogP contribution in [0.15, 0.2) is 69.6 Å². The highest BCUT2D eigenvalue weighted by atomic mass is 35.5. The zero-order valence-electron chi connectivity index (χ0n) is 17.4. The molecule has 0 bridgehead atoms. The summed E-state index contributed by atoms with van der Waals surface area (Å²) in [5.41, 5.74) is 3.48. The maximum Gasteiger partial charge on any atom is 0.338 e. The number of carbonyl (C=O) groups is 1. The smallest absolute Gasteiger partial charge is 0.338 e. The Bertz CT molecular complexity index is 1370. The van der Waals surface area contributed by atoms with Crippen molar-refractivity contribution in [2.75, 3.05) is 6.61 Å². The Balaban J connectivity index is 1.96. The molecule has 0 N–H and O–H groups in total. The molecule has 0 spiro atoms. The summed E-state index contributed by atoms with van der Waals surface area (Å²) >= 11 is 7.39. The molecule has 158 valence electrons. The van der Waals surface area contributed by atoms with E-state index < -0.39 is 12.0 Å². The molecule has 1 atom stereocenters. The number of hydrogen-bond donors (Lipinski definition) is 0. The van der Waals surface area contributed by atoms with Crippen molar-refractivity contribution in [2.45, 2.75) is 26.8 Å². The Labute approximate surface area is 188 Å². The number of allylic oxidation sites excluding steroid dienone is 1. The first-order valence-electron chi connectivity index (χ1n) is 9.91. The highest BCUT2D eigenvalue weighted by Crippen LogP contribution is 2.30. The summed E-state index contributed by atoms with van der Waals surface area (Å²) in [6, 6.07) is 14.5. The highest BCUT2D eigenvalue weighted by Gasteiger charge is 2.33. The molecule has 4 rings (SSSR count). The van der Waals surface area contributed by atoms with Crippen molar-refractivity contribution in [3.63, 3.8) is 0 Å². The number of fused-ring (bicyclic) bond motifs is 1. The van der Waals surface area contributed by atoms with E-state index in [1.807, 2.05) is 43.3 Å². The molecule has 1 unspecified atom stereocenters. The predicted molar refractivity (Wildman–Crippen MR) is 123 cm³/mol. The van der Waals surface area contributed by atoms with E-state index >= 15 is 0 Å². The van der Waals surface area contributed by atoms with Crippen LogP contribution >= 0.6 is 22.9 Å². The second kappa shape index (κ2) is 8.65. The number of halogens is 1. The fraction of sp³-hybridized carbons (Fsp3) is 0.208. The molecule has 1 aliphatic heterocycles. The van der Waals surface area contributed by atoms with Crippen molar-refractivity contribution >= 4 is 35.0 Å². The first-order valence-corrected chi connectivity index (χ1v) is 11.1. The van der Waals surface area contributed by atoms with Crippen molar-refractivity contribution in [3.8, 4) is 0 Å². The number of nitrogens with zero attached hydrogens (tertiary/aromatic N) is 2. The highest BCUT2D eigenvalue weighted by molar-refractivity contribution is 7.07. The van der Waals surface area contributed by atoms with Gasteiger partial charge in [0.1, 0.15) is 0 Å². The number of hydrogen-bond acceptors (Lipinski definition) is 5. The van der Waals surface area contributed by atoms with Crippen molar-refractivity contribution in [1.29, 1.82) is 0 Å². The van der Waals surface area contributed by atoms with Crippen LogP contribution in [0, 0.1) is 6.92 Å². The summed E-state index contributed by atoms with van der Waals surface area (Å²) in [6.07, 6.45) is 1.80. The van der Waals surface area contributed by atoms with E-state index in [1.54, 1.807) is 36.6 Å². The maximum atomic E-state index is 13.5. The molecule has 5 nitrogen and oxygen atoms in total. The van der Waals surface area contributed by atoms with Crippen molar-refractivity contribution in [2.24, 2.45) is 4.99 Å². The van der Waals surface area contributed by atoms with Crippen LogP contribution in [0.2, 0.25) is 5.02 Å². The second-order valence-corrected chi connectivity index (χ2v) is 8.71. The van der Waals surface area contributed by atoms with Gasteiger partial charge >= 0.3 is 5.97 Å². The van der Waals surface area contributed by atoms with Gasteiger partial charge in [-0.25, -0.2) is 9.79 Å². The molecule has 2 heterocycles. The van der Waals surface area contributed by atoms with E-state index in [0.29, 0.717) is 25.6 Å². The Hall–Kier alpha value is -2.96. The van der Waals surface area contributed by atoms with Gasteiger partial charge < -0.3 is 4.74 Å². The lowest BCUT2D eigenvalue weighted by atomic mass is 9.95. The Kier molecular flexibility index (Phi) is 5.94. The quantitative estimate of drug-likeness (QED) is 0.566. The lowest BCUT2D eigenvalue weighted by Gasteiger charge is -2.24. The fourth-order valence-electron chi connectivity index (χ4n) is 3.60. The summed E-state index contributed by atoms with van der Waals surface area (Å²) in [7, 11) is 0. The molecule has 0 amide bonds. The van der Waals surface area contributed by atoms with E-state index in [-0.39, 0.29) is 12.2 Å². The lowest BCUT2D eigenvalue weighted by molar-refractivity contribution is -0.139. The van der Waals surface area contributed by atoms with E-state index in [4.69, 9.17) is 16.3 Å². The summed E-state index contributed by atoms with van der Waals surface area (Å²) in [5.74, 6) is -0.460. The van der Waals surface area contributed by atoms with Gasteiger partial charge in [-0.05, 0) is 50.1 Å². The average molecular weight is 453 g/mol. The van der Waals surface area contributed by atoms with Gasteiger partial charge in [-0.1, -0.05) is 64.9 Å².